The summed E-state index contributed by atoms with van der Waals surface area (Å²) in [6.45, 7) is 1.18. The molecule has 3 heterocycles. The number of nitrogens with one attached hydrogen (secondary N) is 2. The van der Waals surface area contributed by atoms with Gasteiger partial charge in [-0.3, -0.25) is 14.4 Å². The molecule has 0 spiro atoms. The summed E-state index contributed by atoms with van der Waals surface area (Å²) in [4.78, 5) is 39.4. The smallest absolute Gasteiger partial charge is 0.241 e. The highest BCUT2D eigenvalue weighted by Gasteiger charge is 2.36. The summed E-state index contributed by atoms with van der Waals surface area (Å²) in [5.74, 6) is 1.07. The molecule has 1 fully saturated rings. The number of aromatic nitrogens is 2. The topological polar surface area (TPSA) is 106 Å². The first-order chi connectivity index (χ1) is 15.1. The van der Waals surface area contributed by atoms with Crippen molar-refractivity contribution in [2.45, 2.75) is 24.5 Å². The number of fused-ring (bicyclic) bond motifs is 1. The second-order valence-corrected chi connectivity index (χ2v) is 8.48. The van der Waals surface area contributed by atoms with Crippen LogP contribution < -0.4 is 15.5 Å². The van der Waals surface area contributed by atoms with Crippen molar-refractivity contribution in [3.8, 4) is 0 Å². The van der Waals surface area contributed by atoms with E-state index in [1.807, 2.05) is 30.3 Å². The molecule has 1 atom stereocenters. The molecule has 2 aliphatic rings. The van der Waals surface area contributed by atoms with Gasteiger partial charge in [-0.15, -0.1) is 0 Å². The third-order valence-corrected chi connectivity index (χ3v) is 6.32. The van der Waals surface area contributed by atoms with Gasteiger partial charge in [0.2, 0.25) is 17.7 Å². The Morgan fingerprint density at radius 1 is 1.26 bits per heavy atom. The molecule has 2 aliphatic heterocycles. The lowest BCUT2D eigenvalue weighted by Gasteiger charge is -2.17. The zero-order valence-corrected chi connectivity index (χ0v) is 18.1. The van der Waals surface area contributed by atoms with Crippen molar-refractivity contribution in [3.05, 3.63) is 41.6 Å². The minimum atomic E-state index is -0.462. The van der Waals surface area contributed by atoms with Crippen LogP contribution in [-0.2, 0) is 37.2 Å². The van der Waals surface area contributed by atoms with E-state index in [1.54, 1.807) is 28.5 Å². The maximum absolute atomic E-state index is 13.0. The average molecular weight is 444 g/mol. The maximum atomic E-state index is 13.0. The van der Waals surface area contributed by atoms with Crippen LogP contribution in [-0.4, -0.2) is 54.3 Å². The number of amides is 3. The molecular weight excluding hydrogens is 418 g/mol. The van der Waals surface area contributed by atoms with Gasteiger partial charge in [-0.05, 0) is 12.1 Å². The monoisotopic (exact) mass is 443 g/mol. The van der Waals surface area contributed by atoms with E-state index >= 15 is 0 Å². The molecule has 0 saturated carbocycles. The summed E-state index contributed by atoms with van der Waals surface area (Å²) in [7, 11) is 1.57. The molecule has 1 aromatic heterocycles. The number of carbonyl (C=O) groups excluding carboxylic acids is 3. The first kappa shape index (κ1) is 21.4. The van der Waals surface area contributed by atoms with Crippen molar-refractivity contribution in [2.24, 2.45) is 5.92 Å². The van der Waals surface area contributed by atoms with Crippen molar-refractivity contribution in [1.82, 2.24) is 15.1 Å². The highest BCUT2D eigenvalue weighted by atomic mass is 32.2. The molecule has 0 bridgehead atoms. The molecule has 1 unspecified atom stereocenters. The highest BCUT2D eigenvalue weighted by Crippen LogP contribution is 2.35. The van der Waals surface area contributed by atoms with Gasteiger partial charge in [0.25, 0.3) is 0 Å². The van der Waals surface area contributed by atoms with Crippen LogP contribution >= 0.6 is 11.8 Å². The lowest BCUT2D eigenvalue weighted by Crippen LogP contribution is -2.32. The van der Waals surface area contributed by atoms with Gasteiger partial charge in [0.05, 0.1) is 18.2 Å². The Hall–Kier alpha value is -2.85. The first-order valence-corrected chi connectivity index (χ1v) is 11.3. The van der Waals surface area contributed by atoms with E-state index in [9.17, 15) is 14.4 Å². The number of nitrogens with zero attached hydrogens (tertiary/aromatic N) is 3. The Morgan fingerprint density at radius 2 is 2.06 bits per heavy atom. The number of carbonyl (C=O) groups is 3. The first-order valence-electron chi connectivity index (χ1n) is 10.1. The maximum Gasteiger partial charge on any atom is 0.241 e. The largest absolute Gasteiger partial charge is 0.383 e. The lowest BCUT2D eigenvalue weighted by atomic mass is 10.1. The summed E-state index contributed by atoms with van der Waals surface area (Å²) in [6, 6.07) is 9.35. The van der Waals surface area contributed by atoms with Gasteiger partial charge in [0, 0.05) is 49.4 Å². The standard InChI is InChI=1S/C21H25N5O4S/c1-30-8-7-22-18(27)11-26-20(16-12-31-13-17(16)24-26)23-21(29)14-9-19(28)25(10-14)15-5-3-2-4-6-15/h2-6,14H,7-13H2,1H3,(H,22,27)(H,23,29). The second-order valence-electron chi connectivity index (χ2n) is 7.50. The molecule has 0 aliphatic carbocycles. The number of rotatable bonds is 8. The molecule has 1 aromatic carbocycles. The van der Waals surface area contributed by atoms with Crippen molar-refractivity contribution in [2.75, 3.05) is 37.0 Å². The molecule has 0 radical (unpaired) electrons. The minimum Gasteiger partial charge on any atom is -0.383 e. The molecule has 9 nitrogen and oxygen atoms in total. The summed E-state index contributed by atoms with van der Waals surface area (Å²) >= 11 is 1.72. The minimum absolute atomic E-state index is 0.0106. The van der Waals surface area contributed by atoms with Crippen molar-refractivity contribution in [3.63, 3.8) is 0 Å². The van der Waals surface area contributed by atoms with Crippen LogP contribution in [0.3, 0.4) is 0 Å². The van der Waals surface area contributed by atoms with Gasteiger partial charge in [0.15, 0.2) is 0 Å². The number of thioether (sulfide) groups is 1. The lowest BCUT2D eigenvalue weighted by molar-refractivity contribution is -0.122. The Labute approximate surface area is 184 Å². The van der Waals surface area contributed by atoms with Crippen LogP contribution in [0.2, 0.25) is 0 Å². The van der Waals surface area contributed by atoms with Gasteiger partial charge >= 0.3 is 0 Å². The molecule has 10 heteroatoms. The van der Waals surface area contributed by atoms with Crippen molar-refractivity contribution < 1.29 is 19.1 Å². The van der Waals surface area contributed by atoms with Gasteiger partial charge in [-0.1, -0.05) is 18.2 Å². The van der Waals surface area contributed by atoms with Crippen LogP contribution in [0.4, 0.5) is 11.5 Å². The molecule has 2 aromatic rings. The molecule has 4 rings (SSSR count). The number of benzene rings is 1. The number of ether oxygens (including phenoxy) is 1. The van der Waals surface area contributed by atoms with E-state index in [0.29, 0.717) is 25.5 Å². The Kier molecular flexibility index (Phi) is 6.57. The van der Waals surface area contributed by atoms with E-state index in [-0.39, 0.29) is 30.7 Å². The zero-order valence-electron chi connectivity index (χ0n) is 17.3. The summed E-state index contributed by atoms with van der Waals surface area (Å²) in [5, 5.41) is 10.3. The van der Waals surface area contributed by atoms with Crippen LogP contribution in [0.1, 0.15) is 17.7 Å². The van der Waals surface area contributed by atoms with Crippen LogP contribution in [0, 0.1) is 5.92 Å². The summed E-state index contributed by atoms with van der Waals surface area (Å²) < 4.78 is 6.50. The fourth-order valence-corrected chi connectivity index (χ4v) is 4.80. The number of hydrogen-bond donors (Lipinski definition) is 2. The normalized spacial score (nSPS) is 17.6. The zero-order chi connectivity index (χ0) is 21.8. The molecule has 164 valence electrons. The predicted octanol–water partition coefficient (Wildman–Crippen LogP) is 1.38. The SMILES string of the molecule is COCCNC(=O)Cn1nc2c(c1NC(=O)C1CC(=O)N(c3ccccc3)C1)CSC2. The summed E-state index contributed by atoms with van der Waals surface area (Å²) in [5.41, 5.74) is 2.63. The Morgan fingerprint density at radius 3 is 2.84 bits per heavy atom. The quantitative estimate of drug-likeness (QED) is 0.598. The Balaban J connectivity index is 1.45. The van der Waals surface area contributed by atoms with E-state index < -0.39 is 5.92 Å². The van der Waals surface area contributed by atoms with Gasteiger partial charge in [-0.25, -0.2) is 4.68 Å². The van der Waals surface area contributed by atoms with Crippen LogP contribution in [0.5, 0.6) is 0 Å². The van der Waals surface area contributed by atoms with Crippen LogP contribution in [0.15, 0.2) is 30.3 Å². The highest BCUT2D eigenvalue weighted by molar-refractivity contribution is 7.98. The second kappa shape index (κ2) is 9.52. The number of anilines is 2. The Bertz CT molecular complexity index is 978. The van der Waals surface area contributed by atoms with E-state index in [4.69, 9.17) is 4.74 Å². The molecule has 3 amide bonds. The van der Waals surface area contributed by atoms with E-state index in [0.717, 1.165) is 28.5 Å². The van der Waals surface area contributed by atoms with Gasteiger partial charge < -0.3 is 20.3 Å². The average Bonchev–Trinajstić information content (AvgIpc) is 3.45. The third-order valence-electron chi connectivity index (χ3n) is 5.35. The molecular formula is C21H25N5O4S. The van der Waals surface area contributed by atoms with Crippen molar-refractivity contribution in [1.29, 1.82) is 0 Å². The predicted molar refractivity (Wildman–Crippen MR) is 118 cm³/mol. The molecule has 1 saturated heterocycles. The van der Waals surface area contributed by atoms with E-state index in [1.165, 1.54) is 0 Å². The summed E-state index contributed by atoms with van der Waals surface area (Å²) in [6.07, 6.45) is 0.156. The van der Waals surface area contributed by atoms with E-state index in [2.05, 4.69) is 15.7 Å². The number of hydrogen-bond acceptors (Lipinski definition) is 6. The number of para-hydroxylation sites is 1. The van der Waals surface area contributed by atoms with Crippen molar-refractivity contribution >= 4 is 41.0 Å². The third kappa shape index (κ3) is 4.75. The fraction of sp³-hybridized carbons (Fsp3) is 0.429. The van der Waals surface area contributed by atoms with Crippen LogP contribution in [0.25, 0.3) is 0 Å². The molecule has 2 N–H and O–H groups in total. The van der Waals surface area contributed by atoms with Gasteiger partial charge in [0.1, 0.15) is 12.4 Å². The van der Waals surface area contributed by atoms with Gasteiger partial charge in [-0.2, -0.15) is 16.9 Å². The number of methoxy groups -OCH3 is 1. The fourth-order valence-electron chi connectivity index (χ4n) is 3.76. The molecule has 31 heavy (non-hydrogen) atoms.